The van der Waals surface area contributed by atoms with Crippen molar-refractivity contribution in [3.63, 3.8) is 0 Å². The van der Waals surface area contributed by atoms with Crippen LogP contribution < -0.4 is 0 Å². The van der Waals surface area contributed by atoms with Gasteiger partial charge in [-0.25, -0.2) is 0 Å². The van der Waals surface area contributed by atoms with E-state index in [1.165, 1.54) is 0 Å². The van der Waals surface area contributed by atoms with E-state index in [0.717, 1.165) is 13.0 Å². The molecule has 1 nitrogen and oxygen atoms in total. The summed E-state index contributed by atoms with van der Waals surface area (Å²) >= 11 is 11.1. The Morgan fingerprint density at radius 1 is 1.75 bits per heavy atom. The highest BCUT2D eigenvalue weighted by Gasteiger charge is 2.24. The SMILES string of the molecule is ClC[C@@H](Cl)C[C@@H]1CO1. The number of alkyl halides is 2. The minimum Gasteiger partial charge on any atom is -0.373 e. The molecule has 1 aliphatic rings. The Balaban J connectivity index is 1.98. The van der Waals surface area contributed by atoms with Gasteiger partial charge in [0.2, 0.25) is 0 Å². The largest absolute Gasteiger partial charge is 0.373 e. The van der Waals surface area contributed by atoms with Crippen LogP contribution in [0.5, 0.6) is 0 Å². The minimum atomic E-state index is 0.101. The summed E-state index contributed by atoms with van der Waals surface area (Å²) in [5.74, 6) is 0.529. The Hall–Kier alpha value is 0.540. The van der Waals surface area contributed by atoms with Crippen molar-refractivity contribution in [1.82, 2.24) is 0 Å². The maximum absolute atomic E-state index is 5.69. The first-order valence-corrected chi connectivity index (χ1v) is 3.61. The van der Waals surface area contributed by atoms with Crippen molar-refractivity contribution in [3.8, 4) is 0 Å². The molecular weight excluding hydrogens is 147 g/mol. The summed E-state index contributed by atoms with van der Waals surface area (Å²) in [7, 11) is 0. The molecule has 0 saturated carbocycles. The van der Waals surface area contributed by atoms with Gasteiger partial charge in [0.1, 0.15) is 0 Å². The van der Waals surface area contributed by atoms with Gasteiger partial charge in [0.25, 0.3) is 0 Å². The minimum absolute atomic E-state index is 0.101. The van der Waals surface area contributed by atoms with Gasteiger partial charge in [-0.05, 0) is 6.42 Å². The van der Waals surface area contributed by atoms with Crippen LogP contribution in [0.25, 0.3) is 0 Å². The Morgan fingerprint density at radius 3 is 2.75 bits per heavy atom. The molecule has 0 radical (unpaired) electrons. The fourth-order valence-electron chi connectivity index (χ4n) is 0.552. The zero-order valence-corrected chi connectivity index (χ0v) is 5.95. The van der Waals surface area contributed by atoms with E-state index in [1.54, 1.807) is 0 Å². The Morgan fingerprint density at radius 2 is 2.38 bits per heavy atom. The molecular formula is C5H8Cl2O. The predicted octanol–water partition coefficient (Wildman–Crippen LogP) is 1.62. The average Bonchev–Trinajstić information content (AvgIpc) is 2.50. The van der Waals surface area contributed by atoms with E-state index in [1.807, 2.05) is 0 Å². The zero-order valence-electron chi connectivity index (χ0n) is 4.44. The summed E-state index contributed by atoms with van der Waals surface area (Å²) in [5.41, 5.74) is 0. The summed E-state index contributed by atoms with van der Waals surface area (Å²) in [6.07, 6.45) is 1.32. The van der Waals surface area contributed by atoms with Crippen LogP contribution in [0, 0.1) is 0 Å². The molecule has 1 rings (SSSR count). The van der Waals surface area contributed by atoms with E-state index >= 15 is 0 Å². The first kappa shape index (κ1) is 6.66. The third kappa shape index (κ3) is 2.21. The van der Waals surface area contributed by atoms with Gasteiger partial charge in [0.15, 0.2) is 0 Å². The number of hydrogen-bond acceptors (Lipinski definition) is 1. The molecule has 0 aromatic heterocycles. The zero-order chi connectivity index (χ0) is 5.98. The fraction of sp³-hybridized carbons (Fsp3) is 1.00. The van der Waals surface area contributed by atoms with E-state index in [0.29, 0.717) is 12.0 Å². The third-order valence-corrected chi connectivity index (χ3v) is 1.95. The van der Waals surface area contributed by atoms with Gasteiger partial charge in [-0.1, -0.05) is 0 Å². The molecule has 1 saturated heterocycles. The second kappa shape index (κ2) is 2.90. The van der Waals surface area contributed by atoms with Crippen LogP contribution in [0.1, 0.15) is 6.42 Å². The maximum atomic E-state index is 5.69. The van der Waals surface area contributed by atoms with Crippen molar-refractivity contribution in [2.24, 2.45) is 0 Å². The van der Waals surface area contributed by atoms with Crippen LogP contribution in [0.4, 0.5) is 0 Å². The van der Waals surface area contributed by atoms with Crippen molar-refractivity contribution in [1.29, 1.82) is 0 Å². The molecule has 1 heterocycles. The molecule has 3 heteroatoms. The molecule has 0 bridgehead atoms. The average molecular weight is 155 g/mol. The third-order valence-electron chi connectivity index (χ3n) is 1.09. The quantitative estimate of drug-likeness (QED) is 0.445. The van der Waals surface area contributed by atoms with E-state index in [9.17, 15) is 0 Å². The summed E-state index contributed by atoms with van der Waals surface area (Å²) in [5, 5.41) is 0.101. The van der Waals surface area contributed by atoms with Gasteiger partial charge in [0, 0.05) is 11.3 Å². The second-order valence-corrected chi connectivity index (χ2v) is 2.87. The molecule has 0 spiro atoms. The highest BCUT2D eigenvalue weighted by atomic mass is 35.5. The summed E-state index contributed by atoms with van der Waals surface area (Å²) in [6, 6.07) is 0. The molecule has 1 aliphatic heterocycles. The topological polar surface area (TPSA) is 12.5 Å². The molecule has 0 N–H and O–H groups in total. The lowest BCUT2D eigenvalue weighted by atomic mass is 10.3. The molecule has 2 atom stereocenters. The molecule has 0 aromatic rings. The molecule has 0 aliphatic carbocycles. The van der Waals surface area contributed by atoms with Crippen molar-refractivity contribution in [3.05, 3.63) is 0 Å². The van der Waals surface area contributed by atoms with E-state index in [2.05, 4.69) is 0 Å². The summed E-state index contributed by atoms with van der Waals surface area (Å²) in [6.45, 7) is 0.875. The van der Waals surface area contributed by atoms with Crippen molar-refractivity contribution < 1.29 is 4.74 Å². The normalized spacial score (nSPS) is 30.0. The van der Waals surface area contributed by atoms with Gasteiger partial charge in [0.05, 0.1) is 12.7 Å². The van der Waals surface area contributed by atoms with E-state index < -0.39 is 0 Å². The predicted molar refractivity (Wildman–Crippen MR) is 34.7 cm³/mol. The van der Waals surface area contributed by atoms with Gasteiger partial charge in [-0.2, -0.15) is 0 Å². The molecule has 48 valence electrons. The number of halogens is 2. The molecule has 0 amide bonds. The van der Waals surface area contributed by atoms with Crippen LogP contribution >= 0.6 is 23.2 Å². The number of ether oxygens (including phenoxy) is 1. The lowest BCUT2D eigenvalue weighted by molar-refractivity contribution is 0.396. The van der Waals surface area contributed by atoms with Crippen LogP contribution in [0.15, 0.2) is 0 Å². The van der Waals surface area contributed by atoms with Gasteiger partial charge in [-0.15, -0.1) is 23.2 Å². The lowest BCUT2D eigenvalue weighted by Crippen LogP contribution is -2.03. The van der Waals surface area contributed by atoms with Crippen LogP contribution in [0.3, 0.4) is 0 Å². The molecule has 1 fully saturated rings. The summed E-state index contributed by atoms with van der Waals surface area (Å²) in [4.78, 5) is 0. The van der Waals surface area contributed by atoms with Gasteiger partial charge >= 0.3 is 0 Å². The van der Waals surface area contributed by atoms with Crippen LogP contribution in [-0.2, 0) is 4.74 Å². The van der Waals surface area contributed by atoms with E-state index in [-0.39, 0.29) is 5.38 Å². The lowest BCUT2D eigenvalue weighted by Gasteiger charge is -1.98. The fourth-order valence-corrected chi connectivity index (χ4v) is 0.877. The maximum Gasteiger partial charge on any atom is 0.0824 e. The van der Waals surface area contributed by atoms with Crippen LogP contribution in [0.2, 0.25) is 0 Å². The Labute approximate surface area is 58.9 Å². The molecule has 0 unspecified atom stereocenters. The monoisotopic (exact) mass is 154 g/mol. The van der Waals surface area contributed by atoms with Gasteiger partial charge in [-0.3, -0.25) is 0 Å². The first-order valence-electron chi connectivity index (χ1n) is 2.64. The number of epoxide rings is 1. The van der Waals surface area contributed by atoms with E-state index in [4.69, 9.17) is 27.9 Å². The van der Waals surface area contributed by atoms with Crippen molar-refractivity contribution in [2.75, 3.05) is 12.5 Å². The van der Waals surface area contributed by atoms with Gasteiger partial charge < -0.3 is 4.74 Å². The van der Waals surface area contributed by atoms with Crippen LogP contribution in [-0.4, -0.2) is 24.0 Å². The number of rotatable bonds is 3. The molecule has 8 heavy (non-hydrogen) atoms. The Bertz CT molecular complexity index is 72.8. The standard InChI is InChI=1S/C5H8Cl2O/c6-2-4(7)1-5-3-8-5/h4-5H,1-3H2/t4-,5+/m0/s1. The first-order chi connectivity index (χ1) is 3.83. The highest BCUT2D eigenvalue weighted by molar-refractivity contribution is 6.28. The van der Waals surface area contributed by atoms with Crippen molar-refractivity contribution >= 4 is 23.2 Å². The van der Waals surface area contributed by atoms with Crippen molar-refractivity contribution in [2.45, 2.75) is 17.9 Å². The summed E-state index contributed by atoms with van der Waals surface area (Å²) < 4.78 is 4.94. The highest BCUT2D eigenvalue weighted by Crippen LogP contribution is 2.19. The number of hydrogen-bond donors (Lipinski definition) is 0. The molecule has 0 aromatic carbocycles. The smallest absolute Gasteiger partial charge is 0.0824 e. The second-order valence-electron chi connectivity index (χ2n) is 1.94. The Kier molecular flexibility index (Phi) is 2.42.